The summed E-state index contributed by atoms with van der Waals surface area (Å²) in [5, 5.41) is 6.92. The smallest absolute Gasteiger partial charge is 0.271 e. The fraction of sp³-hybridized carbons (Fsp3) is 0.250. The Kier molecular flexibility index (Phi) is 6.06. The Hall–Kier alpha value is -2.95. The molecule has 0 heterocycles. The average molecular weight is 337 g/mol. The predicted octanol–water partition coefficient (Wildman–Crippen LogP) is 3.75. The van der Waals surface area contributed by atoms with E-state index in [1.165, 1.54) is 0 Å². The lowest BCUT2D eigenvalue weighted by Gasteiger charge is -2.12. The summed E-state index contributed by atoms with van der Waals surface area (Å²) in [5.74, 6) is -0.462. The lowest BCUT2D eigenvalue weighted by atomic mass is 10.0. The van der Waals surface area contributed by atoms with E-state index >= 15 is 0 Å². The van der Waals surface area contributed by atoms with Gasteiger partial charge in [0.15, 0.2) is 0 Å². The highest BCUT2D eigenvalue weighted by Crippen LogP contribution is 2.22. The summed E-state index contributed by atoms with van der Waals surface area (Å²) >= 11 is 0. The summed E-state index contributed by atoms with van der Waals surface area (Å²) in [7, 11) is 0. The molecule has 130 valence electrons. The second-order valence-electron chi connectivity index (χ2n) is 6.15. The largest absolute Gasteiger partial charge is 0.325 e. The van der Waals surface area contributed by atoms with Crippen molar-refractivity contribution in [3.8, 4) is 0 Å². The van der Waals surface area contributed by atoms with E-state index in [-0.39, 0.29) is 18.2 Å². The van der Waals surface area contributed by atoms with Crippen LogP contribution in [0.3, 0.4) is 0 Å². The number of hydrogen-bond acceptors (Lipinski definition) is 3. The number of carbonyl (C=O) groups excluding carboxylic acids is 2. The standard InChI is InChI=1S/C20H23N3O2/c1-13-10-14(2)19(15(3)11-13)21-18(24)12-16(4)22-23-20(25)17-8-6-5-7-9-17/h5-11H,12H2,1-4H3,(H,21,24)(H,23,25)/b22-16+. The zero-order chi connectivity index (χ0) is 18.4. The van der Waals surface area contributed by atoms with Crippen LogP contribution in [0.25, 0.3) is 0 Å². The molecule has 5 heteroatoms. The van der Waals surface area contributed by atoms with Crippen LogP contribution in [0, 0.1) is 20.8 Å². The Morgan fingerprint density at radius 2 is 1.60 bits per heavy atom. The fourth-order valence-corrected chi connectivity index (χ4v) is 2.63. The van der Waals surface area contributed by atoms with E-state index in [0.717, 1.165) is 22.4 Å². The number of rotatable bonds is 5. The molecular formula is C20H23N3O2. The summed E-state index contributed by atoms with van der Waals surface area (Å²) in [6.07, 6.45) is 0.113. The quantitative estimate of drug-likeness (QED) is 0.644. The molecule has 25 heavy (non-hydrogen) atoms. The first-order valence-electron chi connectivity index (χ1n) is 8.13. The lowest BCUT2D eigenvalue weighted by Crippen LogP contribution is -2.21. The summed E-state index contributed by atoms with van der Waals surface area (Å²) in [5.41, 5.74) is 7.56. The van der Waals surface area contributed by atoms with Crippen molar-refractivity contribution in [1.29, 1.82) is 0 Å². The zero-order valence-corrected chi connectivity index (χ0v) is 15.0. The number of nitrogens with zero attached hydrogens (tertiary/aromatic N) is 1. The molecule has 0 aliphatic rings. The summed E-state index contributed by atoms with van der Waals surface area (Å²) in [6, 6.07) is 12.9. The van der Waals surface area contributed by atoms with Crippen LogP contribution in [0.4, 0.5) is 5.69 Å². The Bertz CT molecular complexity index is 788. The van der Waals surface area contributed by atoms with Crippen molar-refractivity contribution in [2.45, 2.75) is 34.1 Å². The maximum atomic E-state index is 12.2. The van der Waals surface area contributed by atoms with Gasteiger partial charge in [-0.1, -0.05) is 35.9 Å². The molecule has 0 aromatic heterocycles. The summed E-state index contributed by atoms with van der Waals surface area (Å²) in [4.78, 5) is 24.2. The maximum Gasteiger partial charge on any atom is 0.271 e. The van der Waals surface area contributed by atoms with Crippen LogP contribution in [-0.4, -0.2) is 17.5 Å². The number of anilines is 1. The van der Waals surface area contributed by atoms with Gasteiger partial charge in [0, 0.05) is 17.0 Å². The molecule has 0 fully saturated rings. The number of nitrogens with one attached hydrogen (secondary N) is 2. The van der Waals surface area contributed by atoms with E-state index in [1.54, 1.807) is 31.2 Å². The molecule has 0 aliphatic carbocycles. The molecule has 0 radical (unpaired) electrons. The van der Waals surface area contributed by atoms with Gasteiger partial charge in [0.1, 0.15) is 0 Å². The van der Waals surface area contributed by atoms with E-state index in [9.17, 15) is 9.59 Å². The number of benzene rings is 2. The van der Waals surface area contributed by atoms with Crippen LogP contribution in [0.15, 0.2) is 47.6 Å². The van der Waals surface area contributed by atoms with Gasteiger partial charge in [-0.3, -0.25) is 9.59 Å². The molecule has 0 saturated carbocycles. The van der Waals surface area contributed by atoms with Crippen molar-refractivity contribution < 1.29 is 9.59 Å². The highest BCUT2D eigenvalue weighted by Gasteiger charge is 2.10. The SMILES string of the molecule is C/C(CC(=O)Nc1c(C)cc(C)cc1C)=N\NC(=O)c1ccccc1. The van der Waals surface area contributed by atoms with Crippen LogP contribution in [0.5, 0.6) is 0 Å². The van der Waals surface area contributed by atoms with Crippen molar-refractivity contribution in [3.05, 3.63) is 64.7 Å². The molecule has 2 aromatic carbocycles. The lowest BCUT2D eigenvalue weighted by molar-refractivity contribution is -0.115. The Balaban J connectivity index is 1.95. The van der Waals surface area contributed by atoms with Crippen LogP contribution in [0.1, 0.15) is 40.4 Å². The number of hydrazone groups is 1. The molecule has 0 spiro atoms. The Morgan fingerprint density at radius 1 is 1.00 bits per heavy atom. The molecular weight excluding hydrogens is 314 g/mol. The van der Waals surface area contributed by atoms with Gasteiger partial charge < -0.3 is 5.32 Å². The third-order valence-electron chi connectivity index (χ3n) is 3.74. The topological polar surface area (TPSA) is 70.6 Å². The molecule has 0 atom stereocenters. The van der Waals surface area contributed by atoms with Crippen LogP contribution >= 0.6 is 0 Å². The van der Waals surface area contributed by atoms with Crippen molar-refractivity contribution >= 4 is 23.2 Å². The monoisotopic (exact) mass is 337 g/mol. The minimum Gasteiger partial charge on any atom is -0.325 e. The van der Waals surface area contributed by atoms with E-state index < -0.39 is 0 Å². The molecule has 0 bridgehead atoms. The predicted molar refractivity (Wildman–Crippen MR) is 101 cm³/mol. The van der Waals surface area contributed by atoms with Gasteiger partial charge in [0.25, 0.3) is 5.91 Å². The van der Waals surface area contributed by atoms with Gasteiger partial charge in [-0.2, -0.15) is 5.10 Å². The van der Waals surface area contributed by atoms with Gasteiger partial charge >= 0.3 is 0 Å². The van der Waals surface area contributed by atoms with Gasteiger partial charge in [0.05, 0.1) is 6.42 Å². The normalized spacial score (nSPS) is 11.1. The third-order valence-corrected chi connectivity index (χ3v) is 3.74. The Morgan fingerprint density at radius 3 is 2.20 bits per heavy atom. The number of amides is 2. The minimum absolute atomic E-state index is 0.113. The first kappa shape index (κ1) is 18.4. The van der Waals surface area contributed by atoms with Crippen molar-refractivity contribution in [2.75, 3.05) is 5.32 Å². The number of carbonyl (C=O) groups is 2. The van der Waals surface area contributed by atoms with Crippen molar-refractivity contribution in [3.63, 3.8) is 0 Å². The highest BCUT2D eigenvalue weighted by molar-refractivity contribution is 6.06. The van der Waals surface area contributed by atoms with Crippen LogP contribution in [-0.2, 0) is 4.79 Å². The molecule has 2 aromatic rings. The number of aryl methyl sites for hydroxylation is 3. The molecule has 0 aliphatic heterocycles. The zero-order valence-electron chi connectivity index (χ0n) is 15.0. The van der Waals surface area contributed by atoms with Crippen LogP contribution < -0.4 is 10.7 Å². The molecule has 2 rings (SSSR count). The van der Waals surface area contributed by atoms with Crippen molar-refractivity contribution in [1.82, 2.24) is 5.43 Å². The van der Waals surface area contributed by atoms with E-state index in [4.69, 9.17) is 0 Å². The summed E-state index contributed by atoms with van der Waals surface area (Å²) < 4.78 is 0. The minimum atomic E-state index is -0.300. The fourth-order valence-electron chi connectivity index (χ4n) is 2.63. The molecule has 2 amide bonds. The van der Waals surface area contributed by atoms with Gasteiger partial charge in [-0.05, 0) is 51.0 Å². The molecule has 5 nitrogen and oxygen atoms in total. The molecule has 0 saturated heterocycles. The molecule has 2 N–H and O–H groups in total. The first-order valence-corrected chi connectivity index (χ1v) is 8.13. The maximum absolute atomic E-state index is 12.2. The molecule has 0 unspecified atom stereocenters. The van der Waals surface area contributed by atoms with Crippen LogP contribution in [0.2, 0.25) is 0 Å². The van der Waals surface area contributed by atoms with E-state index in [1.807, 2.05) is 39.0 Å². The van der Waals surface area contributed by atoms with Crippen molar-refractivity contribution in [2.24, 2.45) is 5.10 Å². The summed E-state index contributed by atoms with van der Waals surface area (Å²) in [6.45, 7) is 7.67. The second-order valence-corrected chi connectivity index (χ2v) is 6.15. The third kappa shape index (κ3) is 5.28. The first-order chi connectivity index (χ1) is 11.9. The highest BCUT2D eigenvalue weighted by atomic mass is 16.2. The van der Waals surface area contributed by atoms with E-state index in [2.05, 4.69) is 15.8 Å². The van der Waals surface area contributed by atoms with Gasteiger partial charge in [0.2, 0.25) is 5.91 Å². The van der Waals surface area contributed by atoms with Gasteiger partial charge in [-0.15, -0.1) is 0 Å². The average Bonchev–Trinajstić information content (AvgIpc) is 2.56. The Labute approximate surface area is 148 Å². The van der Waals surface area contributed by atoms with Gasteiger partial charge in [-0.25, -0.2) is 5.43 Å². The van der Waals surface area contributed by atoms with E-state index in [0.29, 0.717) is 11.3 Å². The number of hydrogen-bond donors (Lipinski definition) is 2. The second kappa shape index (κ2) is 8.24.